The summed E-state index contributed by atoms with van der Waals surface area (Å²) in [7, 11) is 0. The van der Waals surface area contributed by atoms with E-state index in [1.807, 2.05) is 36.1 Å². The molecule has 0 N–H and O–H groups in total. The molecule has 0 saturated carbocycles. The van der Waals surface area contributed by atoms with Crippen molar-refractivity contribution in [2.75, 3.05) is 49.1 Å². The molecule has 2 aliphatic heterocycles. The topological polar surface area (TPSA) is 109 Å². The second kappa shape index (κ2) is 9.21. The molecule has 1 unspecified atom stereocenters. The number of anilines is 2. The zero-order valence-electron chi connectivity index (χ0n) is 17.8. The standard InChI is InChI=1S/C22H25N5O5/c1-2-32-19-6-4-3-5-18(19)26-15-16(13-21(26)28)22(29)25-11-9-24(10-12-25)20-8-7-17(14-23-20)27(30)31/h3-8,14,16H,2,9-13,15H2,1H3. The van der Waals surface area contributed by atoms with Gasteiger partial charge >= 0.3 is 0 Å². The van der Waals surface area contributed by atoms with Gasteiger partial charge in [0, 0.05) is 45.2 Å². The number of ether oxygens (including phenoxy) is 1. The number of pyridine rings is 1. The Balaban J connectivity index is 1.37. The Morgan fingerprint density at radius 3 is 2.59 bits per heavy atom. The third-order valence-electron chi connectivity index (χ3n) is 5.79. The molecule has 1 aromatic heterocycles. The first-order valence-electron chi connectivity index (χ1n) is 10.6. The van der Waals surface area contributed by atoms with Gasteiger partial charge in [0.1, 0.15) is 17.8 Å². The molecule has 4 rings (SSSR count). The van der Waals surface area contributed by atoms with Crippen molar-refractivity contribution in [3.63, 3.8) is 0 Å². The van der Waals surface area contributed by atoms with E-state index in [0.29, 0.717) is 56.6 Å². The Bertz CT molecular complexity index is 1000. The highest BCUT2D eigenvalue weighted by molar-refractivity contribution is 6.01. The number of nitro groups is 1. The number of benzene rings is 1. The SMILES string of the molecule is CCOc1ccccc1N1CC(C(=O)N2CCN(c3ccc([N+](=O)[O-])cn3)CC2)CC1=O. The number of carbonyl (C=O) groups excluding carboxylic acids is 2. The highest BCUT2D eigenvalue weighted by Crippen LogP contribution is 2.33. The van der Waals surface area contributed by atoms with Crippen molar-refractivity contribution in [3.8, 4) is 5.75 Å². The van der Waals surface area contributed by atoms with Crippen LogP contribution in [0.5, 0.6) is 5.75 Å². The Labute approximate surface area is 185 Å². The second-order valence-electron chi connectivity index (χ2n) is 7.75. The second-order valence-corrected chi connectivity index (χ2v) is 7.75. The Morgan fingerprint density at radius 1 is 1.19 bits per heavy atom. The number of amides is 2. The molecule has 0 radical (unpaired) electrons. The van der Waals surface area contributed by atoms with Crippen molar-refractivity contribution in [2.24, 2.45) is 5.92 Å². The van der Waals surface area contributed by atoms with Crippen LogP contribution in [0.25, 0.3) is 0 Å². The van der Waals surface area contributed by atoms with Gasteiger partial charge in [0.25, 0.3) is 5.69 Å². The van der Waals surface area contributed by atoms with Crippen LogP contribution in [-0.4, -0.2) is 66.0 Å². The van der Waals surface area contributed by atoms with Crippen molar-refractivity contribution < 1.29 is 19.2 Å². The van der Waals surface area contributed by atoms with Crippen LogP contribution in [0.3, 0.4) is 0 Å². The Hall–Kier alpha value is -3.69. The number of piperazine rings is 1. The molecule has 1 aromatic carbocycles. The molecule has 0 aliphatic carbocycles. The summed E-state index contributed by atoms with van der Waals surface area (Å²) in [4.78, 5) is 45.7. The maximum atomic E-state index is 13.1. The lowest BCUT2D eigenvalue weighted by Gasteiger charge is -2.36. The molecule has 0 bridgehead atoms. The predicted molar refractivity (Wildman–Crippen MR) is 118 cm³/mol. The summed E-state index contributed by atoms with van der Waals surface area (Å²) in [6.45, 7) is 4.90. The number of aromatic nitrogens is 1. The fraction of sp³-hybridized carbons (Fsp3) is 0.409. The molecule has 2 amide bonds. The van der Waals surface area contributed by atoms with Crippen molar-refractivity contribution in [1.29, 1.82) is 0 Å². The summed E-state index contributed by atoms with van der Waals surface area (Å²) >= 11 is 0. The molecule has 1 atom stereocenters. The summed E-state index contributed by atoms with van der Waals surface area (Å²) < 4.78 is 5.65. The van der Waals surface area contributed by atoms with E-state index >= 15 is 0 Å². The van der Waals surface area contributed by atoms with Crippen LogP contribution < -0.4 is 14.5 Å². The minimum Gasteiger partial charge on any atom is -0.492 e. The van der Waals surface area contributed by atoms with Gasteiger partial charge in [-0.05, 0) is 25.1 Å². The van der Waals surface area contributed by atoms with Crippen molar-refractivity contribution in [1.82, 2.24) is 9.88 Å². The zero-order valence-corrected chi connectivity index (χ0v) is 17.8. The van der Waals surface area contributed by atoms with Crippen LogP contribution in [0, 0.1) is 16.0 Å². The molecule has 0 spiro atoms. The summed E-state index contributed by atoms with van der Waals surface area (Å²) in [5, 5.41) is 10.8. The van der Waals surface area contributed by atoms with Crippen LogP contribution in [-0.2, 0) is 9.59 Å². The smallest absolute Gasteiger partial charge is 0.287 e. The van der Waals surface area contributed by atoms with E-state index in [-0.39, 0.29) is 29.8 Å². The maximum absolute atomic E-state index is 13.1. The fourth-order valence-corrected chi connectivity index (χ4v) is 4.15. The molecule has 32 heavy (non-hydrogen) atoms. The average Bonchev–Trinajstić information content (AvgIpc) is 3.20. The third kappa shape index (κ3) is 4.34. The summed E-state index contributed by atoms with van der Waals surface area (Å²) in [6, 6.07) is 10.4. The van der Waals surface area contributed by atoms with E-state index in [0.717, 1.165) is 0 Å². The van der Waals surface area contributed by atoms with Gasteiger partial charge in [-0.2, -0.15) is 0 Å². The number of hydrogen-bond donors (Lipinski definition) is 0. The largest absolute Gasteiger partial charge is 0.492 e. The molecule has 10 nitrogen and oxygen atoms in total. The quantitative estimate of drug-likeness (QED) is 0.501. The van der Waals surface area contributed by atoms with Crippen LogP contribution in [0.4, 0.5) is 17.2 Å². The molecule has 2 aliphatic rings. The Morgan fingerprint density at radius 2 is 1.94 bits per heavy atom. The summed E-state index contributed by atoms with van der Waals surface area (Å²) in [5.41, 5.74) is 0.646. The van der Waals surface area contributed by atoms with Gasteiger partial charge in [-0.3, -0.25) is 19.7 Å². The van der Waals surface area contributed by atoms with Gasteiger partial charge in [-0.25, -0.2) is 4.98 Å². The molecular formula is C22H25N5O5. The minimum absolute atomic E-state index is 0.0222. The number of hydrogen-bond acceptors (Lipinski definition) is 7. The normalized spacial score (nSPS) is 18.7. The van der Waals surface area contributed by atoms with Gasteiger partial charge in [0.05, 0.1) is 23.1 Å². The number of carbonyl (C=O) groups is 2. The van der Waals surface area contributed by atoms with E-state index < -0.39 is 4.92 Å². The Kier molecular flexibility index (Phi) is 6.20. The maximum Gasteiger partial charge on any atom is 0.287 e. The highest BCUT2D eigenvalue weighted by atomic mass is 16.6. The average molecular weight is 439 g/mol. The molecule has 10 heteroatoms. The molecule has 3 heterocycles. The zero-order chi connectivity index (χ0) is 22.7. The first-order chi connectivity index (χ1) is 15.5. The van der Waals surface area contributed by atoms with Gasteiger partial charge in [0.2, 0.25) is 11.8 Å². The number of nitrogens with zero attached hydrogens (tertiary/aromatic N) is 5. The lowest BCUT2D eigenvalue weighted by Crippen LogP contribution is -2.51. The van der Waals surface area contributed by atoms with Gasteiger partial charge < -0.3 is 19.4 Å². The van der Waals surface area contributed by atoms with Crippen LogP contribution in [0.15, 0.2) is 42.6 Å². The lowest BCUT2D eigenvalue weighted by atomic mass is 10.1. The van der Waals surface area contributed by atoms with Crippen LogP contribution in [0.1, 0.15) is 13.3 Å². The van der Waals surface area contributed by atoms with Gasteiger partial charge in [-0.15, -0.1) is 0 Å². The monoisotopic (exact) mass is 439 g/mol. The predicted octanol–water partition coefficient (Wildman–Crippen LogP) is 2.09. The fourth-order valence-electron chi connectivity index (χ4n) is 4.15. The van der Waals surface area contributed by atoms with Gasteiger partial charge in [0.15, 0.2) is 0 Å². The number of para-hydroxylation sites is 2. The minimum atomic E-state index is -0.480. The molecule has 2 saturated heterocycles. The highest BCUT2D eigenvalue weighted by Gasteiger charge is 2.38. The molecule has 168 valence electrons. The molecule has 2 fully saturated rings. The van der Waals surface area contributed by atoms with Crippen LogP contribution >= 0.6 is 0 Å². The number of rotatable bonds is 6. The van der Waals surface area contributed by atoms with E-state index in [1.165, 1.54) is 12.3 Å². The van der Waals surface area contributed by atoms with Crippen molar-refractivity contribution in [3.05, 3.63) is 52.7 Å². The first kappa shape index (κ1) is 21.5. The summed E-state index contributed by atoms with van der Waals surface area (Å²) in [6.07, 6.45) is 1.43. The first-order valence-corrected chi connectivity index (χ1v) is 10.6. The van der Waals surface area contributed by atoms with E-state index in [1.54, 1.807) is 15.9 Å². The summed E-state index contributed by atoms with van der Waals surface area (Å²) in [5.74, 6) is 0.801. The van der Waals surface area contributed by atoms with Gasteiger partial charge in [-0.1, -0.05) is 12.1 Å². The van der Waals surface area contributed by atoms with Crippen molar-refractivity contribution >= 4 is 29.0 Å². The molecule has 2 aromatic rings. The van der Waals surface area contributed by atoms with Crippen molar-refractivity contribution in [2.45, 2.75) is 13.3 Å². The third-order valence-corrected chi connectivity index (χ3v) is 5.79. The van der Waals surface area contributed by atoms with Crippen LogP contribution in [0.2, 0.25) is 0 Å². The van der Waals surface area contributed by atoms with E-state index in [4.69, 9.17) is 4.74 Å². The lowest BCUT2D eigenvalue weighted by molar-refractivity contribution is -0.385. The van der Waals surface area contributed by atoms with E-state index in [9.17, 15) is 19.7 Å². The molecular weight excluding hydrogens is 414 g/mol. The van der Waals surface area contributed by atoms with E-state index in [2.05, 4.69) is 4.98 Å².